The molecule has 2 atom stereocenters. The molecule has 1 saturated heterocycles. The highest BCUT2D eigenvalue weighted by molar-refractivity contribution is 8.01. The number of hydrogen-bond acceptors (Lipinski definition) is 17. The van der Waals surface area contributed by atoms with Gasteiger partial charge in [-0.3, -0.25) is 19.3 Å². The standard InChI is InChI=1S/C22H27N11O9S3/c1-22(2,3)42-21(40)24-4-5-41-28-11(14-26-19(23)45-29-14)15(36)25-12-16(37)33-13(18(38)39)9(7-43-17(12)33)8-44-20-27-30-31-32(20)6-10(34)35/h12,17H,4-8H2,1-3H3,(H,24,40)(H,25,36)(H,34,35)(H,38,39)(H2,23,26,29)/t12?,17-/m0/s1. The Morgan fingerprint density at radius 3 is 2.64 bits per heavy atom. The fourth-order valence-electron chi connectivity index (χ4n) is 3.82. The molecule has 242 valence electrons. The summed E-state index contributed by atoms with van der Waals surface area (Å²) in [4.78, 5) is 71.6. The second-order valence-corrected chi connectivity index (χ2v) is 12.9. The zero-order valence-electron chi connectivity index (χ0n) is 23.8. The topological polar surface area (TPSA) is 279 Å². The second-order valence-electron chi connectivity index (χ2n) is 10.1. The summed E-state index contributed by atoms with van der Waals surface area (Å²) in [6, 6.07) is -1.11. The molecule has 0 aliphatic carbocycles. The quantitative estimate of drug-likeness (QED) is 0.0554. The third kappa shape index (κ3) is 8.36. The number of carboxylic acids is 2. The fourth-order valence-corrected chi connectivity index (χ4v) is 6.62. The van der Waals surface area contributed by atoms with Crippen molar-refractivity contribution in [2.45, 2.75) is 49.5 Å². The van der Waals surface area contributed by atoms with Crippen LogP contribution in [0.25, 0.3) is 0 Å². The predicted octanol–water partition coefficient (Wildman–Crippen LogP) is -1.03. The summed E-state index contributed by atoms with van der Waals surface area (Å²) in [7, 11) is 0. The van der Waals surface area contributed by atoms with Crippen molar-refractivity contribution < 1.29 is 43.8 Å². The lowest BCUT2D eigenvalue weighted by molar-refractivity contribution is -0.150. The zero-order valence-corrected chi connectivity index (χ0v) is 26.3. The van der Waals surface area contributed by atoms with Crippen LogP contribution in [0.1, 0.15) is 26.6 Å². The van der Waals surface area contributed by atoms with E-state index in [2.05, 4.69) is 40.7 Å². The zero-order chi connectivity index (χ0) is 32.9. The fraction of sp³-hybridized carbons (Fsp3) is 0.500. The number of carboxylic acid groups (broad SMARTS) is 2. The molecule has 6 N–H and O–H groups in total. The van der Waals surface area contributed by atoms with E-state index in [1.54, 1.807) is 20.8 Å². The maximum Gasteiger partial charge on any atom is 0.407 e. The van der Waals surface area contributed by atoms with E-state index >= 15 is 0 Å². The van der Waals surface area contributed by atoms with Crippen molar-refractivity contribution in [3.8, 4) is 0 Å². The van der Waals surface area contributed by atoms with Crippen LogP contribution in [-0.4, -0.2) is 122 Å². The van der Waals surface area contributed by atoms with Gasteiger partial charge in [0, 0.05) is 23.0 Å². The van der Waals surface area contributed by atoms with Crippen molar-refractivity contribution in [2.24, 2.45) is 5.16 Å². The number of aromatic nitrogens is 6. The Morgan fingerprint density at radius 1 is 1.24 bits per heavy atom. The summed E-state index contributed by atoms with van der Waals surface area (Å²) in [5.74, 6) is -3.97. The van der Waals surface area contributed by atoms with Gasteiger partial charge in [-0.1, -0.05) is 16.9 Å². The van der Waals surface area contributed by atoms with Gasteiger partial charge in [0.2, 0.25) is 16.7 Å². The SMILES string of the molecule is CC(C)(C)OC(=O)NCCON=C(C(=O)NC1C(=O)N2C(C(=O)O)=C(CSc3nnnn3CC(=O)O)CS[C@@H]12)c1nsc(N)n1. The first-order valence-corrected chi connectivity index (χ1v) is 15.6. The van der Waals surface area contributed by atoms with Gasteiger partial charge in [-0.25, -0.2) is 14.3 Å². The number of oxime groups is 1. The first-order chi connectivity index (χ1) is 21.2. The van der Waals surface area contributed by atoms with Gasteiger partial charge in [-0.05, 0) is 36.8 Å². The molecule has 2 aliphatic rings. The first-order valence-electron chi connectivity index (χ1n) is 12.8. The van der Waals surface area contributed by atoms with Crippen LogP contribution >= 0.6 is 35.1 Å². The van der Waals surface area contributed by atoms with Gasteiger partial charge in [-0.2, -0.15) is 9.36 Å². The van der Waals surface area contributed by atoms with E-state index in [0.717, 1.165) is 32.9 Å². The molecule has 1 fully saturated rings. The summed E-state index contributed by atoms with van der Waals surface area (Å²) in [5, 5.41) is 38.0. The second kappa shape index (κ2) is 14.1. The van der Waals surface area contributed by atoms with E-state index < -0.39 is 59.1 Å². The number of ether oxygens (including phenoxy) is 1. The number of alkyl carbamates (subject to hydrolysis) is 1. The van der Waals surface area contributed by atoms with Crippen molar-refractivity contribution in [2.75, 3.05) is 30.4 Å². The molecule has 2 aromatic heterocycles. The van der Waals surface area contributed by atoms with Crippen LogP contribution in [0, 0.1) is 0 Å². The number of nitrogens with one attached hydrogen (secondary N) is 2. The largest absolute Gasteiger partial charge is 0.480 e. The molecule has 0 saturated carbocycles. The molecular formula is C22H27N11O9S3. The molecule has 23 heteroatoms. The van der Waals surface area contributed by atoms with E-state index in [-0.39, 0.29) is 46.5 Å². The third-order valence-corrected chi connectivity index (χ3v) is 8.51. The summed E-state index contributed by atoms with van der Waals surface area (Å²) in [6.45, 7) is 4.48. The molecule has 20 nitrogen and oxygen atoms in total. The number of β-lactam (4-membered cyclic amide) rings is 1. The molecule has 4 rings (SSSR count). The van der Waals surface area contributed by atoms with Crippen LogP contribution in [0.4, 0.5) is 9.93 Å². The number of tetrazole rings is 1. The maximum absolute atomic E-state index is 13.2. The van der Waals surface area contributed by atoms with Gasteiger partial charge in [0.15, 0.2) is 5.13 Å². The molecule has 0 aromatic carbocycles. The van der Waals surface area contributed by atoms with Crippen LogP contribution in [0.3, 0.4) is 0 Å². The highest BCUT2D eigenvalue weighted by Crippen LogP contribution is 2.41. The number of nitrogen functional groups attached to an aromatic ring is 1. The summed E-state index contributed by atoms with van der Waals surface area (Å²) < 4.78 is 10.1. The number of rotatable bonds is 13. The summed E-state index contributed by atoms with van der Waals surface area (Å²) in [6.07, 6.45) is -0.671. The number of anilines is 1. The van der Waals surface area contributed by atoms with Crippen molar-refractivity contribution in [1.82, 2.24) is 45.1 Å². The number of carbonyl (C=O) groups excluding carboxylic acids is 3. The number of nitrogens with zero attached hydrogens (tertiary/aromatic N) is 8. The van der Waals surface area contributed by atoms with E-state index in [0.29, 0.717) is 5.57 Å². The van der Waals surface area contributed by atoms with E-state index in [4.69, 9.17) is 20.4 Å². The van der Waals surface area contributed by atoms with Gasteiger partial charge >= 0.3 is 18.0 Å². The Labute approximate surface area is 266 Å². The first kappa shape index (κ1) is 33.4. The Bertz CT molecular complexity index is 1550. The minimum absolute atomic E-state index is 0.00583. The monoisotopic (exact) mass is 685 g/mol. The van der Waals surface area contributed by atoms with Gasteiger partial charge in [-0.15, -0.1) is 16.9 Å². The number of hydrogen-bond donors (Lipinski definition) is 5. The molecule has 1 unspecified atom stereocenters. The average molecular weight is 686 g/mol. The van der Waals surface area contributed by atoms with Gasteiger partial charge in [0.25, 0.3) is 11.8 Å². The summed E-state index contributed by atoms with van der Waals surface area (Å²) in [5.41, 5.74) is 4.71. The number of nitrogens with two attached hydrogens (primary N) is 1. The van der Waals surface area contributed by atoms with E-state index in [9.17, 15) is 29.1 Å². The predicted molar refractivity (Wildman–Crippen MR) is 157 cm³/mol. The number of carbonyl (C=O) groups is 5. The molecule has 0 radical (unpaired) electrons. The Morgan fingerprint density at radius 2 is 2.00 bits per heavy atom. The van der Waals surface area contributed by atoms with Crippen molar-refractivity contribution in [3.63, 3.8) is 0 Å². The lowest BCUT2D eigenvalue weighted by Gasteiger charge is -2.49. The lowest BCUT2D eigenvalue weighted by Crippen LogP contribution is -2.71. The molecule has 4 heterocycles. The van der Waals surface area contributed by atoms with Crippen LogP contribution in [0.15, 0.2) is 21.6 Å². The molecule has 2 aliphatic heterocycles. The van der Waals surface area contributed by atoms with Crippen molar-refractivity contribution >= 4 is 75.7 Å². The van der Waals surface area contributed by atoms with Crippen LogP contribution in [-0.2, 0) is 35.3 Å². The number of aliphatic carboxylic acids is 2. The maximum atomic E-state index is 13.2. The van der Waals surface area contributed by atoms with E-state index in [1.807, 2.05) is 0 Å². The van der Waals surface area contributed by atoms with Crippen molar-refractivity contribution in [3.05, 3.63) is 17.1 Å². The summed E-state index contributed by atoms with van der Waals surface area (Å²) >= 11 is 3.04. The normalized spacial score (nSPS) is 18.2. The molecule has 2 aromatic rings. The van der Waals surface area contributed by atoms with E-state index in [1.165, 1.54) is 11.8 Å². The Hall–Kier alpha value is -4.51. The van der Waals surface area contributed by atoms with Gasteiger partial charge in [0.1, 0.15) is 35.9 Å². The smallest absolute Gasteiger partial charge is 0.407 e. The molecule has 0 spiro atoms. The highest BCUT2D eigenvalue weighted by atomic mass is 32.2. The third-order valence-electron chi connectivity index (χ3n) is 5.58. The molecule has 45 heavy (non-hydrogen) atoms. The molecule has 0 bridgehead atoms. The van der Waals surface area contributed by atoms with Crippen molar-refractivity contribution in [1.29, 1.82) is 0 Å². The molecule has 3 amide bonds. The average Bonchev–Trinajstić information content (AvgIpc) is 3.58. The van der Waals surface area contributed by atoms with Gasteiger partial charge < -0.3 is 36.2 Å². The van der Waals surface area contributed by atoms with Crippen LogP contribution < -0.4 is 16.4 Å². The molecular weight excluding hydrogens is 659 g/mol. The number of thioether (sulfide) groups is 2. The Kier molecular flexibility index (Phi) is 10.4. The van der Waals surface area contributed by atoms with Gasteiger partial charge in [0.05, 0.1) is 6.54 Å². The minimum Gasteiger partial charge on any atom is -0.480 e. The Balaban J connectivity index is 1.41. The van der Waals surface area contributed by atoms with Crippen LogP contribution in [0.5, 0.6) is 0 Å². The minimum atomic E-state index is -1.35. The highest BCUT2D eigenvalue weighted by Gasteiger charge is 2.54. The number of fused-ring (bicyclic) bond motifs is 1. The number of amides is 3. The van der Waals surface area contributed by atoms with Crippen LogP contribution in [0.2, 0.25) is 0 Å². The lowest BCUT2D eigenvalue weighted by atomic mass is 10.0.